The SMILES string of the molecule is CCCN(CCC#N)CC(=O)Nc1ccc(F)c(F)c1F. The van der Waals surface area contributed by atoms with Crippen LogP contribution in [0.25, 0.3) is 0 Å². The van der Waals surface area contributed by atoms with Crippen molar-refractivity contribution in [1.82, 2.24) is 4.90 Å². The molecule has 0 spiro atoms. The second kappa shape index (κ2) is 8.27. The van der Waals surface area contributed by atoms with Gasteiger partial charge in [0.05, 0.1) is 18.3 Å². The molecule has 1 amide bonds. The van der Waals surface area contributed by atoms with Gasteiger partial charge in [-0.05, 0) is 25.1 Å². The topological polar surface area (TPSA) is 56.1 Å². The van der Waals surface area contributed by atoms with Gasteiger partial charge >= 0.3 is 0 Å². The number of halogens is 3. The smallest absolute Gasteiger partial charge is 0.238 e. The van der Waals surface area contributed by atoms with E-state index in [1.165, 1.54) is 0 Å². The summed E-state index contributed by atoms with van der Waals surface area (Å²) in [4.78, 5) is 13.5. The zero-order chi connectivity index (χ0) is 15.8. The summed E-state index contributed by atoms with van der Waals surface area (Å²) in [6, 6.07) is 3.68. The minimum absolute atomic E-state index is 0.0477. The number of hydrogen-bond acceptors (Lipinski definition) is 3. The molecule has 0 bridgehead atoms. The van der Waals surface area contributed by atoms with E-state index >= 15 is 0 Å². The third-order valence-corrected chi connectivity index (χ3v) is 2.76. The largest absolute Gasteiger partial charge is 0.322 e. The van der Waals surface area contributed by atoms with Crippen molar-refractivity contribution in [2.75, 3.05) is 25.0 Å². The predicted molar refractivity (Wildman–Crippen MR) is 71.9 cm³/mol. The number of nitrogens with zero attached hydrogens (tertiary/aromatic N) is 2. The summed E-state index contributed by atoms with van der Waals surface area (Å²) in [6.45, 7) is 2.90. The van der Waals surface area contributed by atoms with E-state index in [1.54, 1.807) is 4.90 Å². The van der Waals surface area contributed by atoms with Crippen LogP contribution in [-0.4, -0.2) is 30.4 Å². The van der Waals surface area contributed by atoms with Crippen LogP contribution in [-0.2, 0) is 4.79 Å². The van der Waals surface area contributed by atoms with Crippen LogP contribution in [0.1, 0.15) is 19.8 Å². The van der Waals surface area contributed by atoms with Gasteiger partial charge in [0.25, 0.3) is 0 Å². The van der Waals surface area contributed by atoms with Crippen LogP contribution in [0, 0.1) is 28.8 Å². The number of carbonyl (C=O) groups excluding carboxylic acids is 1. The quantitative estimate of drug-likeness (QED) is 0.788. The second-order valence-electron chi connectivity index (χ2n) is 4.46. The maximum atomic E-state index is 13.4. The maximum absolute atomic E-state index is 13.4. The van der Waals surface area contributed by atoms with Gasteiger partial charge in [0.15, 0.2) is 17.5 Å². The minimum atomic E-state index is -1.62. The lowest BCUT2D eigenvalue weighted by molar-refractivity contribution is -0.117. The van der Waals surface area contributed by atoms with Crippen LogP contribution in [0.3, 0.4) is 0 Å². The lowest BCUT2D eigenvalue weighted by Gasteiger charge is -2.19. The van der Waals surface area contributed by atoms with Gasteiger partial charge in [-0.2, -0.15) is 5.26 Å². The van der Waals surface area contributed by atoms with Crippen LogP contribution >= 0.6 is 0 Å². The fourth-order valence-corrected chi connectivity index (χ4v) is 1.81. The van der Waals surface area contributed by atoms with E-state index in [-0.39, 0.29) is 13.0 Å². The molecule has 0 aliphatic rings. The van der Waals surface area contributed by atoms with Crippen molar-refractivity contribution < 1.29 is 18.0 Å². The van der Waals surface area contributed by atoms with Crippen LogP contribution in [0.15, 0.2) is 12.1 Å². The van der Waals surface area contributed by atoms with E-state index < -0.39 is 29.0 Å². The molecule has 0 saturated heterocycles. The summed E-state index contributed by atoms with van der Waals surface area (Å²) in [5, 5.41) is 10.7. The van der Waals surface area contributed by atoms with Crippen LogP contribution in [0.4, 0.5) is 18.9 Å². The van der Waals surface area contributed by atoms with Gasteiger partial charge in [0.1, 0.15) is 0 Å². The summed E-state index contributed by atoms with van der Waals surface area (Å²) < 4.78 is 39.2. The van der Waals surface area contributed by atoms with Crippen molar-refractivity contribution in [3.05, 3.63) is 29.6 Å². The molecule has 0 aromatic heterocycles. The average molecular weight is 299 g/mol. The Labute approximate surface area is 121 Å². The molecule has 4 nitrogen and oxygen atoms in total. The maximum Gasteiger partial charge on any atom is 0.238 e. The van der Waals surface area contributed by atoms with E-state index in [0.717, 1.165) is 18.6 Å². The van der Waals surface area contributed by atoms with E-state index in [1.807, 2.05) is 13.0 Å². The first-order valence-corrected chi connectivity index (χ1v) is 6.52. The number of rotatable bonds is 7. The summed E-state index contributed by atoms with van der Waals surface area (Å²) in [6.07, 6.45) is 1.06. The number of nitriles is 1. The van der Waals surface area contributed by atoms with Gasteiger partial charge in [-0.15, -0.1) is 0 Å². The Hall–Kier alpha value is -2.07. The highest BCUT2D eigenvalue weighted by Gasteiger charge is 2.16. The average Bonchev–Trinajstić information content (AvgIpc) is 2.45. The molecule has 1 rings (SSSR count). The van der Waals surface area contributed by atoms with Crippen molar-refractivity contribution >= 4 is 11.6 Å². The molecule has 7 heteroatoms. The first kappa shape index (κ1) is 17.0. The Morgan fingerprint density at radius 2 is 2.00 bits per heavy atom. The fraction of sp³-hybridized carbons (Fsp3) is 0.429. The van der Waals surface area contributed by atoms with Gasteiger partial charge < -0.3 is 5.32 Å². The van der Waals surface area contributed by atoms with E-state index in [4.69, 9.17) is 5.26 Å². The minimum Gasteiger partial charge on any atom is -0.322 e. The first-order chi connectivity index (χ1) is 9.99. The third-order valence-electron chi connectivity index (χ3n) is 2.76. The van der Waals surface area contributed by atoms with Gasteiger partial charge in [-0.3, -0.25) is 9.69 Å². The molecule has 114 valence electrons. The monoisotopic (exact) mass is 299 g/mol. The molecule has 1 aromatic carbocycles. The van der Waals surface area contributed by atoms with Crippen LogP contribution in [0.5, 0.6) is 0 Å². The Bertz CT molecular complexity index is 543. The standard InChI is InChI=1S/C14H16F3N3O/c1-2-7-20(8-3-6-18)9-12(21)19-11-5-4-10(15)13(16)14(11)17/h4-5H,2-3,7-9H2,1H3,(H,19,21). The number of benzene rings is 1. The zero-order valence-electron chi connectivity index (χ0n) is 11.6. The second-order valence-corrected chi connectivity index (χ2v) is 4.46. The van der Waals surface area contributed by atoms with Crippen molar-refractivity contribution in [1.29, 1.82) is 5.26 Å². The van der Waals surface area contributed by atoms with Crippen LogP contribution in [0.2, 0.25) is 0 Å². The lowest BCUT2D eigenvalue weighted by Crippen LogP contribution is -2.34. The molecule has 0 radical (unpaired) electrons. The molecule has 1 aromatic rings. The molecule has 0 saturated carbocycles. The highest BCUT2D eigenvalue weighted by molar-refractivity contribution is 5.92. The molecule has 21 heavy (non-hydrogen) atoms. The van der Waals surface area contributed by atoms with Crippen molar-refractivity contribution in [3.63, 3.8) is 0 Å². The molecule has 0 fully saturated rings. The van der Waals surface area contributed by atoms with E-state index in [2.05, 4.69) is 5.32 Å². The molecule has 0 unspecified atom stereocenters. The number of nitrogens with one attached hydrogen (secondary N) is 1. The lowest BCUT2D eigenvalue weighted by atomic mass is 10.2. The Morgan fingerprint density at radius 3 is 2.62 bits per heavy atom. The van der Waals surface area contributed by atoms with E-state index in [9.17, 15) is 18.0 Å². The molecule has 0 aliphatic heterocycles. The summed E-state index contributed by atoms with van der Waals surface area (Å²) in [7, 11) is 0. The Balaban J connectivity index is 2.68. The molecular formula is C14H16F3N3O. The van der Waals surface area contributed by atoms with Gasteiger partial charge in [0.2, 0.25) is 5.91 Å². The first-order valence-electron chi connectivity index (χ1n) is 6.52. The molecule has 0 heterocycles. The zero-order valence-corrected chi connectivity index (χ0v) is 11.6. The van der Waals surface area contributed by atoms with E-state index in [0.29, 0.717) is 13.1 Å². The highest BCUT2D eigenvalue weighted by Crippen LogP contribution is 2.19. The fourth-order valence-electron chi connectivity index (χ4n) is 1.81. The third kappa shape index (κ3) is 5.08. The summed E-state index contributed by atoms with van der Waals surface area (Å²) >= 11 is 0. The summed E-state index contributed by atoms with van der Waals surface area (Å²) in [5.41, 5.74) is -0.407. The predicted octanol–water partition coefficient (Wildman–Crippen LogP) is 2.67. The van der Waals surface area contributed by atoms with Gasteiger partial charge in [-0.25, -0.2) is 13.2 Å². The van der Waals surface area contributed by atoms with Crippen molar-refractivity contribution in [3.8, 4) is 6.07 Å². The number of anilines is 1. The van der Waals surface area contributed by atoms with Gasteiger partial charge in [0, 0.05) is 13.0 Å². The highest BCUT2D eigenvalue weighted by atomic mass is 19.2. The Kier molecular flexibility index (Phi) is 6.69. The molecular weight excluding hydrogens is 283 g/mol. The van der Waals surface area contributed by atoms with Gasteiger partial charge in [-0.1, -0.05) is 6.92 Å². The number of hydrogen-bond donors (Lipinski definition) is 1. The number of amides is 1. The van der Waals surface area contributed by atoms with Crippen molar-refractivity contribution in [2.45, 2.75) is 19.8 Å². The van der Waals surface area contributed by atoms with Crippen molar-refractivity contribution in [2.24, 2.45) is 0 Å². The summed E-state index contributed by atoms with van der Waals surface area (Å²) in [5.74, 6) is -4.91. The Morgan fingerprint density at radius 1 is 1.29 bits per heavy atom. The molecule has 0 atom stereocenters. The van der Waals surface area contributed by atoms with Crippen LogP contribution < -0.4 is 5.32 Å². The molecule has 1 N–H and O–H groups in total. The normalized spacial score (nSPS) is 10.5. The molecule has 0 aliphatic carbocycles. The number of carbonyl (C=O) groups is 1.